The van der Waals surface area contributed by atoms with Crippen molar-refractivity contribution in [1.29, 1.82) is 0 Å². The molecule has 14 heavy (non-hydrogen) atoms. The van der Waals surface area contributed by atoms with Gasteiger partial charge in [0.25, 0.3) is 0 Å². The number of halogens is 1. The molecule has 4 nitrogen and oxygen atoms in total. The quantitative estimate of drug-likeness (QED) is 0.746. The monoisotopic (exact) mass is 214 g/mol. The van der Waals surface area contributed by atoms with E-state index in [9.17, 15) is 4.79 Å². The summed E-state index contributed by atoms with van der Waals surface area (Å²) in [5.41, 5.74) is 0. The third kappa shape index (κ3) is 3.72. The van der Waals surface area contributed by atoms with Crippen LogP contribution in [-0.4, -0.2) is 22.6 Å². The Bertz CT molecular complexity index is 317. The summed E-state index contributed by atoms with van der Waals surface area (Å²) in [4.78, 5) is 15.1. The lowest BCUT2D eigenvalue weighted by atomic mass is 10.3. The molecule has 2 N–H and O–H groups in total. The number of nitrogens with one attached hydrogen (secondary N) is 1. The van der Waals surface area contributed by atoms with Crippen LogP contribution in [-0.2, 0) is 4.79 Å². The van der Waals surface area contributed by atoms with Crippen LogP contribution in [0.2, 0.25) is 5.15 Å². The number of carbonyl (C=O) groups is 1. The van der Waals surface area contributed by atoms with Gasteiger partial charge in [-0.05, 0) is 18.6 Å². The molecule has 0 aliphatic heterocycles. The number of amides is 1. The number of rotatable bonds is 4. The van der Waals surface area contributed by atoms with Gasteiger partial charge >= 0.3 is 0 Å². The zero-order chi connectivity index (χ0) is 10.4. The molecule has 1 aromatic heterocycles. The molecule has 0 saturated carbocycles. The summed E-state index contributed by atoms with van der Waals surface area (Å²) in [6.07, 6.45) is 0.733. The van der Waals surface area contributed by atoms with Crippen molar-refractivity contribution in [2.75, 3.05) is 11.9 Å². The van der Waals surface area contributed by atoms with Gasteiger partial charge in [-0.15, -0.1) is 0 Å². The first-order chi connectivity index (χ1) is 6.72. The predicted molar refractivity (Wildman–Crippen MR) is 54.2 cm³/mol. The number of hydrogen-bond donors (Lipinski definition) is 2. The lowest BCUT2D eigenvalue weighted by Gasteiger charge is -2.03. The van der Waals surface area contributed by atoms with Crippen molar-refractivity contribution < 1.29 is 9.90 Å². The van der Waals surface area contributed by atoms with E-state index in [1.165, 1.54) is 0 Å². The van der Waals surface area contributed by atoms with Crippen LogP contribution in [0.4, 0.5) is 5.82 Å². The van der Waals surface area contributed by atoms with Crippen LogP contribution in [0, 0.1) is 0 Å². The summed E-state index contributed by atoms with van der Waals surface area (Å²) in [6.45, 7) is 0.0103. The summed E-state index contributed by atoms with van der Waals surface area (Å²) in [5.74, 6) is 0.259. The minimum atomic E-state index is -0.172. The van der Waals surface area contributed by atoms with Gasteiger partial charge in [0.05, 0.1) is 0 Å². The summed E-state index contributed by atoms with van der Waals surface area (Å²) in [7, 11) is 0. The van der Waals surface area contributed by atoms with Gasteiger partial charge in [-0.3, -0.25) is 4.79 Å². The summed E-state index contributed by atoms with van der Waals surface area (Å²) in [5, 5.41) is 11.4. The highest BCUT2D eigenvalue weighted by Crippen LogP contribution is 2.09. The number of nitrogens with zero attached hydrogens (tertiary/aromatic N) is 1. The van der Waals surface area contributed by atoms with E-state index in [0.717, 1.165) is 0 Å². The van der Waals surface area contributed by atoms with E-state index in [1.54, 1.807) is 18.2 Å². The van der Waals surface area contributed by atoms with Crippen LogP contribution in [0.5, 0.6) is 0 Å². The first kappa shape index (κ1) is 10.9. The average Bonchev–Trinajstić information content (AvgIpc) is 2.15. The second kappa shape index (κ2) is 5.57. The molecule has 0 spiro atoms. The van der Waals surface area contributed by atoms with Gasteiger partial charge in [0, 0.05) is 13.0 Å². The third-order valence-corrected chi connectivity index (χ3v) is 1.76. The summed E-state index contributed by atoms with van der Waals surface area (Å²) >= 11 is 5.63. The summed E-state index contributed by atoms with van der Waals surface area (Å²) < 4.78 is 0. The molecule has 1 heterocycles. The van der Waals surface area contributed by atoms with Gasteiger partial charge in [0.1, 0.15) is 11.0 Å². The van der Waals surface area contributed by atoms with Crippen molar-refractivity contribution in [3.05, 3.63) is 23.4 Å². The van der Waals surface area contributed by atoms with E-state index >= 15 is 0 Å². The van der Waals surface area contributed by atoms with E-state index in [-0.39, 0.29) is 18.9 Å². The molecular formula is C9H11ClN2O2. The first-order valence-electron chi connectivity index (χ1n) is 4.25. The molecule has 0 saturated heterocycles. The van der Waals surface area contributed by atoms with Crippen LogP contribution >= 0.6 is 11.6 Å². The average molecular weight is 215 g/mol. The third-order valence-electron chi connectivity index (χ3n) is 1.54. The van der Waals surface area contributed by atoms with Crippen molar-refractivity contribution in [2.24, 2.45) is 0 Å². The molecule has 0 radical (unpaired) electrons. The Morgan fingerprint density at radius 3 is 3.00 bits per heavy atom. The minimum absolute atomic E-state index is 0.0103. The highest BCUT2D eigenvalue weighted by molar-refractivity contribution is 6.29. The molecule has 0 aromatic carbocycles. The zero-order valence-corrected chi connectivity index (χ0v) is 8.29. The van der Waals surface area contributed by atoms with Gasteiger partial charge in [-0.25, -0.2) is 4.98 Å². The topological polar surface area (TPSA) is 62.2 Å². The van der Waals surface area contributed by atoms with E-state index in [4.69, 9.17) is 16.7 Å². The fourth-order valence-corrected chi connectivity index (χ4v) is 1.09. The van der Waals surface area contributed by atoms with Crippen molar-refractivity contribution in [3.8, 4) is 0 Å². The van der Waals surface area contributed by atoms with Crippen LogP contribution in [0.3, 0.4) is 0 Å². The fraction of sp³-hybridized carbons (Fsp3) is 0.333. The molecule has 0 atom stereocenters. The van der Waals surface area contributed by atoms with Crippen molar-refractivity contribution >= 4 is 23.3 Å². The predicted octanol–water partition coefficient (Wildman–Crippen LogP) is 1.45. The standard InChI is InChI=1S/C9H11ClN2O2/c10-7-3-1-4-8(11-7)12-9(14)5-2-6-13/h1,3-4,13H,2,5-6H2,(H,11,12,14). The Kier molecular flexibility index (Phi) is 4.35. The van der Waals surface area contributed by atoms with E-state index in [1.807, 2.05) is 0 Å². The first-order valence-corrected chi connectivity index (χ1v) is 4.63. The Morgan fingerprint density at radius 2 is 2.36 bits per heavy atom. The van der Waals surface area contributed by atoms with Crippen LogP contribution in [0.1, 0.15) is 12.8 Å². The maximum atomic E-state index is 11.2. The Balaban J connectivity index is 2.47. The van der Waals surface area contributed by atoms with Gasteiger partial charge in [0.2, 0.25) is 5.91 Å². The normalized spacial score (nSPS) is 9.86. The maximum Gasteiger partial charge on any atom is 0.225 e. The van der Waals surface area contributed by atoms with Gasteiger partial charge in [-0.1, -0.05) is 17.7 Å². The molecule has 0 bridgehead atoms. The van der Waals surface area contributed by atoms with E-state index < -0.39 is 0 Å². The highest BCUT2D eigenvalue weighted by Gasteiger charge is 2.02. The van der Waals surface area contributed by atoms with E-state index in [2.05, 4.69) is 10.3 Å². The molecule has 1 amide bonds. The van der Waals surface area contributed by atoms with Crippen LogP contribution in [0.25, 0.3) is 0 Å². The highest BCUT2D eigenvalue weighted by atomic mass is 35.5. The molecule has 0 fully saturated rings. The SMILES string of the molecule is O=C(CCCO)Nc1cccc(Cl)n1. The Morgan fingerprint density at radius 1 is 1.57 bits per heavy atom. The zero-order valence-electron chi connectivity index (χ0n) is 7.53. The largest absolute Gasteiger partial charge is 0.396 e. The molecule has 0 aliphatic rings. The van der Waals surface area contributed by atoms with Crippen molar-refractivity contribution in [1.82, 2.24) is 4.98 Å². The number of hydrogen-bond acceptors (Lipinski definition) is 3. The lowest BCUT2D eigenvalue weighted by molar-refractivity contribution is -0.116. The molecule has 5 heteroatoms. The Hall–Kier alpha value is -1.13. The molecule has 0 unspecified atom stereocenters. The number of carbonyl (C=O) groups excluding carboxylic acids is 1. The number of aromatic nitrogens is 1. The van der Waals surface area contributed by atoms with Crippen molar-refractivity contribution in [3.63, 3.8) is 0 Å². The second-order valence-corrected chi connectivity index (χ2v) is 3.11. The van der Waals surface area contributed by atoms with Gasteiger partial charge < -0.3 is 10.4 Å². The van der Waals surface area contributed by atoms with Gasteiger partial charge in [-0.2, -0.15) is 0 Å². The van der Waals surface area contributed by atoms with Crippen LogP contribution < -0.4 is 5.32 Å². The second-order valence-electron chi connectivity index (χ2n) is 2.72. The van der Waals surface area contributed by atoms with Crippen molar-refractivity contribution in [2.45, 2.75) is 12.8 Å². The molecule has 0 aliphatic carbocycles. The molecule has 76 valence electrons. The van der Waals surface area contributed by atoms with E-state index in [0.29, 0.717) is 17.4 Å². The Labute approximate surface area is 86.9 Å². The maximum absolute atomic E-state index is 11.2. The number of aliphatic hydroxyl groups excluding tert-OH is 1. The smallest absolute Gasteiger partial charge is 0.225 e. The number of anilines is 1. The molecule has 1 rings (SSSR count). The molecule has 1 aromatic rings. The number of pyridine rings is 1. The van der Waals surface area contributed by atoms with Gasteiger partial charge in [0.15, 0.2) is 0 Å². The fourth-order valence-electron chi connectivity index (χ4n) is 0.923. The molecular weight excluding hydrogens is 204 g/mol. The lowest BCUT2D eigenvalue weighted by Crippen LogP contribution is -2.12. The minimum Gasteiger partial charge on any atom is -0.396 e. The van der Waals surface area contributed by atoms with Crippen LogP contribution in [0.15, 0.2) is 18.2 Å². The summed E-state index contributed by atoms with van der Waals surface area (Å²) in [6, 6.07) is 4.99. The number of aliphatic hydroxyl groups is 1.